The lowest BCUT2D eigenvalue weighted by Gasteiger charge is -2.15. The van der Waals surface area contributed by atoms with Gasteiger partial charge in [-0.2, -0.15) is 0 Å². The van der Waals surface area contributed by atoms with Gasteiger partial charge < -0.3 is 5.11 Å². The Labute approximate surface area is 86.0 Å². The molecule has 1 amide bonds. The van der Waals surface area contributed by atoms with Gasteiger partial charge in [0.1, 0.15) is 0 Å². The number of nitrogens with zero attached hydrogens (tertiary/aromatic N) is 1. The fourth-order valence-corrected chi connectivity index (χ4v) is 2.16. The number of carbonyl (C=O) groups is 1. The van der Waals surface area contributed by atoms with E-state index in [1.54, 1.807) is 18.0 Å². The largest absolute Gasteiger partial charge is 0.464 e. The van der Waals surface area contributed by atoms with Crippen molar-refractivity contribution in [1.82, 2.24) is 0 Å². The van der Waals surface area contributed by atoms with Crippen LogP contribution in [0.2, 0.25) is 0 Å². The number of rotatable bonds is 0. The Balaban J connectivity index is 2.48. The second kappa shape index (κ2) is 3.75. The predicted octanol–water partition coefficient (Wildman–Crippen LogP) is 2.79. The Hall–Kier alpha value is -1.42. The number of hydrogen-bond donors (Lipinski definition) is 1. The second-order valence-corrected chi connectivity index (χ2v) is 3.88. The molecule has 0 spiro atoms. The monoisotopic (exact) mass is 207 g/mol. The summed E-state index contributed by atoms with van der Waals surface area (Å²) in [5.74, 6) is 0.806. The number of amides is 1. The first-order valence-corrected chi connectivity index (χ1v) is 5.18. The molecule has 3 nitrogen and oxygen atoms in total. The minimum atomic E-state index is -0.948. The molecule has 0 aliphatic carbocycles. The van der Waals surface area contributed by atoms with Gasteiger partial charge in [0.25, 0.3) is 0 Å². The van der Waals surface area contributed by atoms with Crippen LogP contribution in [0, 0.1) is 0 Å². The van der Waals surface area contributed by atoms with Crippen molar-refractivity contribution in [2.24, 2.45) is 0 Å². The van der Waals surface area contributed by atoms with Crippen molar-refractivity contribution < 1.29 is 9.90 Å². The van der Waals surface area contributed by atoms with Gasteiger partial charge in [0.15, 0.2) is 0 Å². The molecule has 72 valence electrons. The van der Waals surface area contributed by atoms with Gasteiger partial charge >= 0.3 is 6.09 Å². The molecule has 1 aromatic rings. The third kappa shape index (κ3) is 1.61. The van der Waals surface area contributed by atoms with Crippen LogP contribution < -0.4 is 4.90 Å². The molecule has 0 unspecified atom stereocenters. The van der Waals surface area contributed by atoms with Gasteiger partial charge in [-0.25, -0.2) is 4.79 Å². The summed E-state index contributed by atoms with van der Waals surface area (Å²) in [5, 5.41) is 8.98. The molecule has 2 rings (SSSR count). The predicted molar refractivity (Wildman–Crippen MR) is 56.8 cm³/mol. The summed E-state index contributed by atoms with van der Waals surface area (Å²) in [6.45, 7) is 0. The van der Waals surface area contributed by atoms with Crippen LogP contribution in [0.5, 0.6) is 0 Å². The smallest absolute Gasteiger partial charge is 0.416 e. The van der Waals surface area contributed by atoms with E-state index in [-0.39, 0.29) is 0 Å². The van der Waals surface area contributed by atoms with Crippen LogP contribution in [0.4, 0.5) is 10.5 Å². The number of para-hydroxylation sites is 1. The number of anilines is 1. The molecule has 14 heavy (non-hydrogen) atoms. The van der Waals surface area contributed by atoms with Gasteiger partial charge in [-0.05, 0) is 12.1 Å². The first kappa shape index (κ1) is 9.15. The molecule has 1 heterocycles. The second-order valence-electron chi connectivity index (χ2n) is 2.82. The standard InChI is InChI=1S/C10H9NO2S/c12-10(13)11-6-3-7-14-9-5-2-1-4-8(9)11/h1-6H,7H2,(H,12,13). The highest BCUT2D eigenvalue weighted by atomic mass is 32.2. The molecular formula is C10H9NO2S. The normalized spacial score (nSPS) is 14.7. The van der Waals surface area contributed by atoms with E-state index in [4.69, 9.17) is 5.11 Å². The minimum absolute atomic E-state index is 0.735. The molecule has 0 fully saturated rings. The number of benzene rings is 1. The van der Waals surface area contributed by atoms with E-state index < -0.39 is 6.09 Å². The molecule has 4 heteroatoms. The topological polar surface area (TPSA) is 40.5 Å². The summed E-state index contributed by atoms with van der Waals surface area (Å²) in [5.41, 5.74) is 0.735. The van der Waals surface area contributed by atoms with Gasteiger partial charge in [-0.1, -0.05) is 18.2 Å². The van der Waals surface area contributed by atoms with Crippen LogP contribution in [0.1, 0.15) is 0 Å². The molecule has 0 atom stereocenters. The van der Waals surface area contributed by atoms with Gasteiger partial charge in [-0.3, -0.25) is 4.90 Å². The fraction of sp³-hybridized carbons (Fsp3) is 0.100. The van der Waals surface area contributed by atoms with Crippen LogP contribution in [-0.2, 0) is 0 Å². The van der Waals surface area contributed by atoms with E-state index in [1.807, 2.05) is 30.3 Å². The third-order valence-electron chi connectivity index (χ3n) is 1.92. The average Bonchev–Trinajstić information content (AvgIpc) is 2.39. The van der Waals surface area contributed by atoms with E-state index in [1.165, 1.54) is 4.90 Å². The van der Waals surface area contributed by atoms with Crippen LogP contribution in [-0.4, -0.2) is 17.0 Å². The number of carboxylic acid groups (broad SMARTS) is 1. The van der Waals surface area contributed by atoms with Crippen molar-refractivity contribution in [1.29, 1.82) is 0 Å². The van der Waals surface area contributed by atoms with Crippen LogP contribution in [0.25, 0.3) is 0 Å². The van der Waals surface area contributed by atoms with E-state index >= 15 is 0 Å². The van der Waals surface area contributed by atoms with E-state index in [0.717, 1.165) is 16.3 Å². The molecule has 1 aromatic carbocycles. The highest BCUT2D eigenvalue weighted by Crippen LogP contribution is 2.32. The Morgan fingerprint density at radius 2 is 2.21 bits per heavy atom. The summed E-state index contributed by atoms with van der Waals surface area (Å²) in [7, 11) is 0. The summed E-state index contributed by atoms with van der Waals surface area (Å²) in [4.78, 5) is 13.2. The quantitative estimate of drug-likeness (QED) is 0.711. The highest BCUT2D eigenvalue weighted by molar-refractivity contribution is 7.99. The Kier molecular flexibility index (Phi) is 2.45. The number of thioether (sulfide) groups is 1. The van der Waals surface area contributed by atoms with Crippen molar-refractivity contribution in [2.45, 2.75) is 4.90 Å². The molecule has 1 aliphatic heterocycles. The number of fused-ring (bicyclic) bond motifs is 1. The molecule has 0 aromatic heterocycles. The third-order valence-corrected chi connectivity index (χ3v) is 2.94. The maximum absolute atomic E-state index is 10.9. The lowest BCUT2D eigenvalue weighted by Crippen LogP contribution is -2.22. The Morgan fingerprint density at radius 1 is 1.43 bits per heavy atom. The van der Waals surface area contributed by atoms with Gasteiger partial charge in [0.2, 0.25) is 0 Å². The van der Waals surface area contributed by atoms with Crippen molar-refractivity contribution in [3.05, 3.63) is 36.5 Å². The summed E-state index contributed by atoms with van der Waals surface area (Å²) < 4.78 is 0. The molecule has 0 saturated carbocycles. The molecule has 1 N–H and O–H groups in total. The maximum atomic E-state index is 10.9. The van der Waals surface area contributed by atoms with Crippen LogP contribution >= 0.6 is 11.8 Å². The average molecular weight is 207 g/mol. The van der Waals surface area contributed by atoms with Gasteiger partial charge in [0.05, 0.1) is 5.69 Å². The molecular weight excluding hydrogens is 198 g/mol. The Bertz CT molecular complexity index is 389. The van der Waals surface area contributed by atoms with Crippen molar-refractivity contribution in [3.63, 3.8) is 0 Å². The van der Waals surface area contributed by atoms with Gasteiger partial charge in [-0.15, -0.1) is 11.8 Å². The summed E-state index contributed by atoms with van der Waals surface area (Å²) in [6.07, 6.45) is 2.50. The first-order valence-electron chi connectivity index (χ1n) is 4.19. The molecule has 0 radical (unpaired) electrons. The lowest BCUT2D eigenvalue weighted by atomic mass is 10.3. The first-order chi connectivity index (χ1) is 6.79. The lowest BCUT2D eigenvalue weighted by molar-refractivity contribution is 0.204. The van der Waals surface area contributed by atoms with Crippen molar-refractivity contribution in [2.75, 3.05) is 10.7 Å². The van der Waals surface area contributed by atoms with E-state index in [2.05, 4.69) is 0 Å². The molecule has 0 bridgehead atoms. The minimum Gasteiger partial charge on any atom is -0.464 e. The van der Waals surface area contributed by atoms with Crippen molar-refractivity contribution in [3.8, 4) is 0 Å². The van der Waals surface area contributed by atoms with E-state index in [9.17, 15) is 4.79 Å². The summed E-state index contributed by atoms with van der Waals surface area (Å²) in [6, 6.07) is 7.50. The Morgan fingerprint density at radius 3 is 3.00 bits per heavy atom. The fourth-order valence-electron chi connectivity index (χ4n) is 1.31. The zero-order chi connectivity index (χ0) is 9.97. The van der Waals surface area contributed by atoms with E-state index in [0.29, 0.717) is 0 Å². The summed E-state index contributed by atoms with van der Waals surface area (Å²) >= 11 is 1.64. The highest BCUT2D eigenvalue weighted by Gasteiger charge is 2.16. The molecule has 1 aliphatic rings. The molecule has 0 saturated heterocycles. The van der Waals surface area contributed by atoms with Gasteiger partial charge in [0, 0.05) is 16.8 Å². The van der Waals surface area contributed by atoms with Crippen LogP contribution in [0.3, 0.4) is 0 Å². The zero-order valence-electron chi connectivity index (χ0n) is 7.38. The van der Waals surface area contributed by atoms with Crippen LogP contribution in [0.15, 0.2) is 41.4 Å². The number of hydrogen-bond acceptors (Lipinski definition) is 2. The van der Waals surface area contributed by atoms with Crippen molar-refractivity contribution >= 4 is 23.5 Å². The zero-order valence-corrected chi connectivity index (χ0v) is 8.20. The maximum Gasteiger partial charge on any atom is 0.416 e. The SMILES string of the molecule is O=C(O)N1C=CCSc2ccccc21.